The van der Waals surface area contributed by atoms with Crippen LogP contribution in [0.5, 0.6) is 0 Å². The molecular formula is C11H17N3O. The zero-order valence-electron chi connectivity index (χ0n) is 9.61. The highest BCUT2D eigenvalue weighted by atomic mass is 16.2. The van der Waals surface area contributed by atoms with Crippen molar-refractivity contribution in [2.45, 2.75) is 19.9 Å². The normalized spacial score (nSPS) is 12.0. The van der Waals surface area contributed by atoms with Crippen molar-refractivity contribution >= 4 is 11.7 Å². The van der Waals surface area contributed by atoms with Crippen molar-refractivity contribution in [3.05, 3.63) is 23.9 Å². The summed E-state index contributed by atoms with van der Waals surface area (Å²) in [5.74, 6) is 0.774. The maximum atomic E-state index is 11.6. The van der Waals surface area contributed by atoms with E-state index in [4.69, 9.17) is 0 Å². The average molecular weight is 207 g/mol. The summed E-state index contributed by atoms with van der Waals surface area (Å²) in [6, 6.07) is 5.43. The minimum atomic E-state index is -0.255. The first-order chi connectivity index (χ1) is 7.00. The van der Waals surface area contributed by atoms with Crippen LogP contribution in [0.15, 0.2) is 18.2 Å². The van der Waals surface area contributed by atoms with Crippen LogP contribution in [0.4, 0.5) is 5.82 Å². The molecule has 0 bridgehead atoms. The van der Waals surface area contributed by atoms with Gasteiger partial charge in [0.25, 0.3) is 0 Å². The third-order valence-electron chi connectivity index (χ3n) is 2.06. The van der Waals surface area contributed by atoms with E-state index in [9.17, 15) is 4.79 Å². The Labute approximate surface area is 90.3 Å². The quantitative estimate of drug-likeness (QED) is 0.812. The number of rotatable bonds is 3. The number of hydrogen-bond acceptors (Lipinski definition) is 3. The molecule has 1 heterocycles. The molecule has 0 spiro atoms. The second-order valence-corrected chi connectivity index (χ2v) is 3.76. The Hall–Kier alpha value is -1.58. The number of carbonyl (C=O) groups excluding carboxylic acids is 1. The number of likely N-dealkylation sites (N-methyl/N-ethyl adjacent to an activating group) is 1. The fourth-order valence-corrected chi connectivity index (χ4v) is 1.29. The molecule has 0 radical (unpaired) electrons. The fraction of sp³-hybridized carbons (Fsp3) is 0.455. The van der Waals surface area contributed by atoms with Gasteiger partial charge in [-0.05, 0) is 26.0 Å². The van der Waals surface area contributed by atoms with Crippen LogP contribution in [0.25, 0.3) is 0 Å². The number of anilines is 1. The van der Waals surface area contributed by atoms with Gasteiger partial charge in [-0.15, -0.1) is 0 Å². The van der Waals surface area contributed by atoms with Gasteiger partial charge >= 0.3 is 0 Å². The smallest absolute Gasteiger partial charge is 0.244 e. The molecule has 0 aliphatic heterocycles. The molecule has 0 aliphatic rings. The van der Waals surface area contributed by atoms with E-state index in [1.807, 2.05) is 32.0 Å². The minimum Gasteiger partial charge on any atom is -0.359 e. The zero-order chi connectivity index (χ0) is 11.4. The molecule has 0 fully saturated rings. The molecular weight excluding hydrogens is 190 g/mol. The number of pyridine rings is 1. The van der Waals surface area contributed by atoms with E-state index in [0.29, 0.717) is 0 Å². The third-order valence-corrected chi connectivity index (χ3v) is 2.06. The first-order valence-electron chi connectivity index (χ1n) is 4.92. The molecule has 1 aromatic heterocycles. The van der Waals surface area contributed by atoms with Gasteiger partial charge < -0.3 is 10.2 Å². The molecule has 1 atom stereocenters. The summed E-state index contributed by atoms with van der Waals surface area (Å²) in [5.41, 5.74) is 0.935. The SMILES string of the molecule is Cc1cccc(NC(C)C(=O)N(C)C)n1. The number of carbonyl (C=O) groups is 1. The van der Waals surface area contributed by atoms with Gasteiger partial charge in [-0.2, -0.15) is 0 Å². The van der Waals surface area contributed by atoms with Crippen molar-refractivity contribution in [1.82, 2.24) is 9.88 Å². The molecule has 82 valence electrons. The molecule has 1 N–H and O–H groups in total. The topological polar surface area (TPSA) is 45.2 Å². The first-order valence-corrected chi connectivity index (χ1v) is 4.92. The fourth-order valence-electron chi connectivity index (χ4n) is 1.29. The van der Waals surface area contributed by atoms with Crippen LogP contribution in [-0.4, -0.2) is 35.9 Å². The molecule has 0 saturated heterocycles. The molecule has 1 rings (SSSR count). The van der Waals surface area contributed by atoms with E-state index in [2.05, 4.69) is 10.3 Å². The van der Waals surface area contributed by atoms with Gasteiger partial charge in [-0.25, -0.2) is 4.98 Å². The van der Waals surface area contributed by atoms with Crippen LogP contribution in [-0.2, 0) is 4.79 Å². The van der Waals surface area contributed by atoms with E-state index in [0.717, 1.165) is 11.5 Å². The molecule has 0 saturated carbocycles. The summed E-state index contributed by atoms with van der Waals surface area (Å²) in [7, 11) is 3.48. The Balaban J connectivity index is 2.66. The maximum Gasteiger partial charge on any atom is 0.244 e. The van der Waals surface area contributed by atoms with Gasteiger partial charge in [0.1, 0.15) is 11.9 Å². The van der Waals surface area contributed by atoms with Crippen molar-refractivity contribution in [1.29, 1.82) is 0 Å². The number of aryl methyl sites for hydroxylation is 1. The molecule has 1 unspecified atom stereocenters. The van der Waals surface area contributed by atoms with Crippen molar-refractivity contribution in [2.24, 2.45) is 0 Å². The summed E-state index contributed by atoms with van der Waals surface area (Å²) < 4.78 is 0. The predicted molar refractivity (Wildman–Crippen MR) is 60.8 cm³/mol. The van der Waals surface area contributed by atoms with Crippen molar-refractivity contribution in [2.75, 3.05) is 19.4 Å². The first kappa shape index (κ1) is 11.5. The van der Waals surface area contributed by atoms with Crippen molar-refractivity contribution in [3.8, 4) is 0 Å². The maximum absolute atomic E-state index is 11.6. The molecule has 4 nitrogen and oxygen atoms in total. The monoisotopic (exact) mass is 207 g/mol. The van der Waals surface area contributed by atoms with E-state index in [1.165, 1.54) is 0 Å². The van der Waals surface area contributed by atoms with Crippen molar-refractivity contribution < 1.29 is 4.79 Å². The number of aromatic nitrogens is 1. The van der Waals surface area contributed by atoms with E-state index in [-0.39, 0.29) is 11.9 Å². The lowest BCUT2D eigenvalue weighted by Crippen LogP contribution is -2.36. The van der Waals surface area contributed by atoms with Crippen LogP contribution in [0, 0.1) is 6.92 Å². The average Bonchev–Trinajstić information content (AvgIpc) is 2.16. The van der Waals surface area contributed by atoms with Gasteiger partial charge in [-0.1, -0.05) is 6.07 Å². The van der Waals surface area contributed by atoms with Crippen molar-refractivity contribution in [3.63, 3.8) is 0 Å². The van der Waals surface area contributed by atoms with E-state index >= 15 is 0 Å². The van der Waals surface area contributed by atoms with Gasteiger partial charge in [0.05, 0.1) is 0 Å². The third kappa shape index (κ3) is 3.23. The minimum absolute atomic E-state index is 0.0401. The highest BCUT2D eigenvalue weighted by molar-refractivity contribution is 5.83. The Morgan fingerprint density at radius 2 is 2.13 bits per heavy atom. The number of hydrogen-bond donors (Lipinski definition) is 1. The molecule has 4 heteroatoms. The second kappa shape index (κ2) is 4.77. The van der Waals surface area contributed by atoms with Gasteiger partial charge in [0.2, 0.25) is 5.91 Å². The highest BCUT2D eigenvalue weighted by Gasteiger charge is 2.14. The van der Waals surface area contributed by atoms with E-state index in [1.54, 1.807) is 19.0 Å². The van der Waals surface area contributed by atoms with Crippen LogP contribution in [0.2, 0.25) is 0 Å². The Kier molecular flexibility index (Phi) is 3.66. The van der Waals surface area contributed by atoms with Gasteiger partial charge in [0, 0.05) is 19.8 Å². The molecule has 0 aliphatic carbocycles. The molecule has 15 heavy (non-hydrogen) atoms. The van der Waals surface area contributed by atoms with Crippen LogP contribution >= 0.6 is 0 Å². The largest absolute Gasteiger partial charge is 0.359 e. The number of nitrogens with zero attached hydrogens (tertiary/aromatic N) is 2. The van der Waals surface area contributed by atoms with Gasteiger partial charge in [-0.3, -0.25) is 4.79 Å². The standard InChI is InChI=1S/C11H17N3O/c1-8-6-5-7-10(12-8)13-9(2)11(15)14(3)4/h5-7,9H,1-4H3,(H,12,13). The summed E-state index contributed by atoms with van der Waals surface area (Å²) in [5, 5.41) is 3.06. The summed E-state index contributed by atoms with van der Waals surface area (Å²) in [4.78, 5) is 17.4. The van der Waals surface area contributed by atoms with Crippen LogP contribution in [0.3, 0.4) is 0 Å². The predicted octanol–water partition coefficient (Wildman–Crippen LogP) is 1.28. The molecule has 1 amide bonds. The Bertz CT molecular complexity index is 349. The lowest BCUT2D eigenvalue weighted by atomic mass is 10.3. The Morgan fingerprint density at radius 3 is 2.67 bits per heavy atom. The summed E-state index contributed by atoms with van der Waals surface area (Å²) in [6.45, 7) is 3.75. The lowest BCUT2D eigenvalue weighted by Gasteiger charge is -2.18. The lowest BCUT2D eigenvalue weighted by molar-refractivity contribution is -0.129. The molecule has 1 aromatic rings. The van der Waals surface area contributed by atoms with E-state index < -0.39 is 0 Å². The second-order valence-electron chi connectivity index (χ2n) is 3.76. The summed E-state index contributed by atoms with van der Waals surface area (Å²) >= 11 is 0. The Morgan fingerprint density at radius 1 is 1.47 bits per heavy atom. The van der Waals surface area contributed by atoms with Crippen LogP contribution in [0.1, 0.15) is 12.6 Å². The number of nitrogens with one attached hydrogen (secondary N) is 1. The summed E-state index contributed by atoms with van der Waals surface area (Å²) in [6.07, 6.45) is 0. The van der Waals surface area contributed by atoms with Crippen LogP contribution < -0.4 is 5.32 Å². The van der Waals surface area contributed by atoms with Gasteiger partial charge in [0.15, 0.2) is 0 Å². The zero-order valence-corrected chi connectivity index (χ0v) is 9.61. The number of amides is 1. The highest BCUT2D eigenvalue weighted by Crippen LogP contribution is 2.06. The molecule has 0 aromatic carbocycles.